The Balaban J connectivity index is 1.67. The first-order valence-corrected chi connectivity index (χ1v) is 9.76. The Morgan fingerprint density at radius 3 is 2.22 bits per heavy atom. The van der Waals surface area contributed by atoms with Crippen molar-refractivity contribution in [3.8, 4) is 0 Å². The summed E-state index contributed by atoms with van der Waals surface area (Å²) < 4.78 is 14.5. The summed E-state index contributed by atoms with van der Waals surface area (Å²) in [6, 6.07) is 24.4. The van der Waals surface area contributed by atoms with Crippen molar-refractivity contribution in [3.63, 3.8) is 0 Å². The molecule has 0 aromatic heterocycles. The zero-order valence-corrected chi connectivity index (χ0v) is 16.2. The molecule has 138 valence electrons. The highest BCUT2D eigenvalue weighted by Gasteiger charge is 2.08. The molecule has 0 saturated heterocycles. The van der Waals surface area contributed by atoms with E-state index in [4.69, 9.17) is 0 Å². The van der Waals surface area contributed by atoms with Gasteiger partial charge in [-0.2, -0.15) is 0 Å². The molecule has 0 N–H and O–H groups in total. The van der Waals surface area contributed by atoms with Gasteiger partial charge in [-0.1, -0.05) is 99.2 Å². The summed E-state index contributed by atoms with van der Waals surface area (Å²) >= 11 is 0. The molecule has 1 heteroatoms. The van der Waals surface area contributed by atoms with Gasteiger partial charge in [0.1, 0.15) is 5.82 Å². The fourth-order valence-electron chi connectivity index (χ4n) is 3.36. The second-order valence-electron chi connectivity index (χ2n) is 7.20. The molecule has 1 atom stereocenters. The molecule has 0 amide bonds. The quantitative estimate of drug-likeness (QED) is 0.389. The van der Waals surface area contributed by atoms with Crippen molar-refractivity contribution in [2.24, 2.45) is 0 Å². The van der Waals surface area contributed by atoms with Crippen molar-refractivity contribution in [2.75, 3.05) is 0 Å². The van der Waals surface area contributed by atoms with Crippen LogP contribution in [0, 0.1) is 5.82 Å². The lowest BCUT2D eigenvalue weighted by Gasteiger charge is -2.12. The molecular formula is C26H27F. The molecule has 0 saturated carbocycles. The Kier molecular flexibility index (Phi) is 6.59. The number of benzene rings is 3. The fraction of sp³-hybridized carbons (Fsp3) is 0.231. The van der Waals surface area contributed by atoms with E-state index in [0.29, 0.717) is 11.5 Å². The Morgan fingerprint density at radius 2 is 1.56 bits per heavy atom. The molecule has 0 spiro atoms. The third-order valence-electron chi connectivity index (χ3n) is 4.95. The van der Waals surface area contributed by atoms with Crippen molar-refractivity contribution in [2.45, 2.75) is 39.0 Å². The molecular weight excluding hydrogens is 331 g/mol. The van der Waals surface area contributed by atoms with Crippen LogP contribution in [0.2, 0.25) is 0 Å². The lowest BCUT2D eigenvalue weighted by molar-refractivity contribution is 0.620. The molecule has 0 fully saturated rings. The highest BCUT2D eigenvalue weighted by atomic mass is 19.1. The molecule has 0 heterocycles. The first-order valence-electron chi connectivity index (χ1n) is 9.76. The summed E-state index contributed by atoms with van der Waals surface area (Å²) in [5.74, 6) is 0.209. The van der Waals surface area contributed by atoms with E-state index in [2.05, 4.69) is 62.4 Å². The third-order valence-corrected chi connectivity index (χ3v) is 4.95. The highest BCUT2D eigenvalue weighted by Crippen LogP contribution is 2.22. The molecule has 0 radical (unpaired) electrons. The van der Waals surface area contributed by atoms with Crippen molar-refractivity contribution < 1.29 is 4.39 Å². The monoisotopic (exact) mass is 358 g/mol. The Bertz CT molecular complexity index is 876. The van der Waals surface area contributed by atoms with Gasteiger partial charge in [-0.25, -0.2) is 4.39 Å². The molecule has 0 nitrogen and oxygen atoms in total. The van der Waals surface area contributed by atoms with Gasteiger partial charge < -0.3 is 0 Å². The summed E-state index contributed by atoms with van der Waals surface area (Å²) in [5, 5.41) is 0. The maximum Gasteiger partial charge on any atom is 0.130 e. The van der Waals surface area contributed by atoms with Crippen molar-refractivity contribution >= 4 is 12.2 Å². The summed E-state index contributed by atoms with van der Waals surface area (Å²) in [6.45, 7) is 4.37. The van der Waals surface area contributed by atoms with Crippen molar-refractivity contribution in [1.82, 2.24) is 0 Å². The molecule has 27 heavy (non-hydrogen) atoms. The maximum absolute atomic E-state index is 14.5. The molecule has 3 aromatic carbocycles. The van der Waals surface area contributed by atoms with Gasteiger partial charge in [-0.3, -0.25) is 0 Å². The van der Waals surface area contributed by atoms with E-state index in [1.54, 1.807) is 6.07 Å². The average molecular weight is 358 g/mol. The third kappa shape index (κ3) is 5.40. The highest BCUT2D eigenvalue weighted by molar-refractivity contribution is 5.70. The van der Waals surface area contributed by atoms with Gasteiger partial charge in [0.2, 0.25) is 0 Å². The van der Waals surface area contributed by atoms with E-state index in [9.17, 15) is 4.39 Å². The molecule has 0 aliphatic heterocycles. The molecule has 3 aromatic rings. The van der Waals surface area contributed by atoms with E-state index in [0.717, 1.165) is 30.4 Å². The van der Waals surface area contributed by atoms with Gasteiger partial charge in [-0.05, 0) is 47.1 Å². The van der Waals surface area contributed by atoms with Crippen LogP contribution in [0.1, 0.15) is 54.0 Å². The van der Waals surface area contributed by atoms with Crippen LogP contribution in [0.25, 0.3) is 12.2 Å². The van der Waals surface area contributed by atoms with E-state index < -0.39 is 0 Å². The van der Waals surface area contributed by atoms with Gasteiger partial charge in [0.05, 0.1) is 0 Å². The summed E-state index contributed by atoms with van der Waals surface area (Å²) in [4.78, 5) is 0. The van der Waals surface area contributed by atoms with E-state index in [1.165, 1.54) is 11.1 Å². The second kappa shape index (κ2) is 9.32. The minimum atomic E-state index is -0.161. The van der Waals surface area contributed by atoms with Gasteiger partial charge in [0.25, 0.3) is 0 Å². The first-order chi connectivity index (χ1) is 13.2. The van der Waals surface area contributed by atoms with E-state index in [1.807, 2.05) is 30.4 Å². The summed E-state index contributed by atoms with van der Waals surface area (Å²) in [7, 11) is 0. The van der Waals surface area contributed by atoms with Gasteiger partial charge >= 0.3 is 0 Å². The average Bonchev–Trinajstić information content (AvgIpc) is 2.69. The van der Waals surface area contributed by atoms with E-state index >= 15 is 0 Å². The minimum absolute atomic E-state index is 0.161. The number of aryl methyl sites for hydroxylation is 1. The van der Waals surface area contributed by atoms with Crippen LogP contribution in [-0.2, 0) is 12.8 Å². The first kappa shape index (κ1) is 19.1. The van der Waals surface area contributed by atoms with Gasteiger partial charge in [0, 0.05) is 5.56 Å². The van der Waals surface area contributed by atoms with Gasteiger partial charge in [0.15, 0.2) is 0 Å². The number of hydrogen-bond acceptors (Lipinski definition) is 0. The largest absolute Gasteiger partial charge is 0.206 e. The molecule has 3 rings (SSSR count). The van der Waals surface area contributed by atoms with Crippen LogP contribution >= 0.6 is 0 Å². The van der Waals surface area contributed by atoms with Crippen LogP contribution in [0.4, 0.5) is 4.39 Å². The summed E-state index contributed by atoms with van der Waals surface area (Å²) in [5.41, 5.74) is 5.39. The molecule has 1 unspecified atom stereocenters. The van der Waals surface area contributed by atoms with Crippen LogP contribution in [0.5, 0.6) is 0 Å². The smallest absolute Gasteiger partial charge is 0.130 e. The van der Waals surface area contributed by atoms with Crippen molar-refractivity contribution in [3.05, 3.63) is 106 Å². The minimum Gasteiger partial charge on any atom is -0.206 e. The van der Waals surface area contributed by atoms with Crippen molar-refractivity contribution in [1.29, 1.82) is 0 Å². The zero-order valence-electron chi connectivity index (χ0n) is 16.2. The summed E-state index contributed by atoms with van der Waals surface area (Å²) in [6.07, 6.45) is 6.91. The number of hydrogen-bond donors (Lipinski definition) is 0. The van der Waals surface area contributed by atoms with Crippen LogP contribution in [0.3, 0.4) is 0 Å². The number of rotatable bonds is 7. The lowest BCUT2D eigenvalue weighted by Crippen LogP contribution is -1.99. The fourth-order valence-corrected chi connectivity index (χ4v) is 3.36. The molecule has 0 bridgehead atoms. The van der Waals surface area contributed by atoms with Crippen LogP contribution < -0.4 is 0 Å². The van der Waals surface area contributed by atoms with Crippen LogP contribution in [-0.4, -0.2) is 0 Å². The second-order valence-corrected chi connectivity index (χ2v) is 7.20. The standard InChI is InChI=1S/C26H27F/c1-3-7-21-10-12-22(13-11-21)14-16-25-17-15-23(19-26(25)27)18-20(2)24-8-5-4-6-9-24/h4-6,8-17,19-20H,3,7,18H2,1-2H3/b16-14+. The normalized spacial score (nSPS) is 12.4. The zero-order chi connectivity index (χ0) is 19.1. The predicted octanol–water partition coefficient (Wildman–Crippen LogP) is 7.29. The SMILES string of the molecule is CCCc1ccc(/C=C/c2ccc(CC(C)c3ccccc3)cc2F)cc1. The Hall–Kier alpha value is -2.67. The Morgan fingerprint density at radius 1 is 0.852 bits per heavy atom. The van der Waals surface area contributed by atoms with E-state index in [-0.39, 0.29) is 5.82 Å². The Labute approximate surface area is 162 Å². The molecule has 0 aliphatic carbocycles. The predicted molar refractivity (Wildman–Crippen MR) is 114 cm³/mol. The lowest BCUT2D eigenvalue weighted by atomic mass is 9.93. The van der Waals surface area contributed by atoms with Gasteiger partial charge in [-0.15, -0.1) is 0 Å². The van der Waals surface area contributed by atoms with Crippen LogP contribution in [0.15, 0.2) is 72.8 Å². The molecule has 0 aliphatic rings. The number of halogens is 1. The topological polar surface area (TPSA) is 0 Å². The maximum atomic E-state index is 14.5.